The van der Waals surface area contributed by atoms with Crippen LogP contribution in [0.15, 0.2) is 36.4 Å². The fourth-order valence-electron chi connectivity index (χ4n) is 2.46. The van der Waals surface area contributed by atoms with Gasteiger partial charge in [0.05, 0.1) is 35.0 Å². The summed E-state index contributed by atoms with van der Waals surface area (Å²) in [6.45, 7) is 1.98. The second-order valence-electron chi connectivity index (χ2n) is 5.71. The molecule has 0 fully saturated rings. The number of hydrogen-bond donors (Lipinski definition) is 1. The van der Waals surface area contributed by atoms with E-state index in [9.17, 15) is 4.79 Å². The molecule has 0 radical (unpaired) electrons. The molecule has 0 saturated carbocycles. The van der Waals surface area contributed by atoms with Crippen LogP contribution in [-0.4, -0.2) is 40.5 Å². The highest BCUT2D eigenvalue weighted by molar-refractivity contribution is 5.94. The van der Waals surface area contributed by atoms with Crippen LogP contribution in [0.5, 0.6) is 23.0 Å². The van der Waals surface area contributed by atoms with Gasteiger partial charge >= 0.3 is 0 Å². The molecule has 0 bridgehead atoms. The number of carbonyl (C=O) groups excluding carboxylic acids is 1. The van der Waals surface area contributed by atoms with Gasteiger partial charge in [-0.25, -0.2) is 0 Å². The molecule has 1 atom stereocenters. The van der Waals surface area contributed by atoms with Crippen molar-refractivity contribution in [1.29, 1.82) is 0 Å². The van der Waals surface area contributed by atoms with E-state index in [1.165, 1.54) is 21.3 Å². The zero-order chi connectivity index (χ0) is 19.8. The summed E-state index contributed by atoms with van der Waals surface area (Å²) in [6.07, 6.45) is -0.657. The van der Waals surface area contributed by atoms with Crippen LogP contribution >= 0.6 is 0 Å². The molecular formula is C20H25NO6. The first kappa shape index (κ1) is 20.4. The van der Waals surface area contributed by atoms with Crippen molar-refractivity contribution in [2.75, 3.05) is 33.8 Å². The molecule has 27 heavy (non-hydrogen) atoms. The summed E-state index contributed by atoms with van der Waals surface area (Å²) < 4.78 is 26.7. The van der Waals surface area contributed by atoms with E-state index in [1.54, 1.807) is 26.2 Å². The van der Waals surface area contributed by atoms with E-state index in [0.717, 1.165) is 11.3 Å². The average Bonchev–Trinajstić information content (AvgIpc) is 2.71. The van der Waals surface area contributed by atoms with Crippen LogP contribution in [0.4, 0.5) is 5.69 Å². The van der Waals surface area contributed by atoms with Crippen molar-refractivity contribution in [2.45, 2.75) is 19.6 Å². The van der Waals surface area contributed by atoms with Gasteiger partial charge in [-0.05, 0) is 24.6 Å². The smallest absolute Gasteiger partial charge is 0.253 e. The number of methoxy groups -OCH3 is 4. The van der Waals surface area contributed by atoms with Gasteiger partial charge in [-0.3, -0.25) is 4.79 Å². The molecule has 0 aliphatic rings. The molecular weight excluding hydrogens is 350 g/mol. The molecule has 2 aromatic rings. The minimum atomic E-state index is -0.657. The van der Waals surface area contributed by atoms with Gasteiger partial charge in [0.1, 0.15) is 11.9 Å². The van der Waals surface area contributed by atoms with Gasteiger partial charge in [0.15, 0.2) is 11.5 Å². The number of rotatable bonds is 9. The Hall–Kier alpha value is -2.93. The number of benzene rings is 2. The van der Waals surface area contributed by atoms with Crippen LogP contribution in [0.3, 0.4) is 0 Å². The van der Waals surface area contributed by atoms with Crippen molar-refractivity contribution >= 4 is 11.6 Å². The number of amides is 1. The van der Waals surface area contributed by atoms with Crippen molar-refractivity contribution in [3.8, 4) is 23.0 Å². The van der Waals surface area contributed by atoms with E-state index in [2.05, 4.69) is 5.32 Å². The summed E-state index contributed by atoms with van der Waals surface area (Å²) in [5, 5.41) is 2.80. The van der Waals surface area contributed by atoms with Crippen LogP contribution in [0.1, 0.15) is 12.5 Å². The molecule has 2 aromatic carbocycles. The van der Waals surface area contributed by atoms with E-state index < -0.39 is 6.10 Å². The molecule has 0 aliphatic heterocycles. The third-order valence-electron chi connectivity index (χ3n) is 3.94. The minimum absolute atomic E-state index is 0.285. The molecule has 0 aliphatic carbocycles. The largest absolute Gasteiger partial charge is 0.497 e. The van der Waals surface area contributed by atoms with Gasteiger partial charge in [-0.2, -0.15) is 0 Å². The first-order chi connectivity index (χ1) is 13.0. The average molecular weight is 375 g/mol. The summed E-state index contributed by atoms with van der Waals surface area (Å²) in [7, 11) is 6.16. The van der Waals surface area contributed by atoms with Crippen molar-refractivity contribution in [3.63, 3.8) is 0 Å². The molecule has 1 N–H and O–H groups in total. The molecule has 1 amide bonds. The lowest BCUT2D eigenvalue weighted by Gasteiger charge is -2.17. The van der Waals surface area contributed by atoms with E-state index >= 15 is 0 Å². The van der Waals surface area contributed by atoms with Gasteiger partial charge in [0.25, 0.3) is 5.91 Å². The maximum atomic E-state index is 12.4. The molecule has 0 heterocycles. The zero-order valence-corrected chi connectivity index (χ0v) is 16.2. The number of anilines is 1. The lowest BCUT2D eigenvalue weighted by Crippen LogP contribution is -2.27. The van der Waals surface area contributed by atoms with Crippen LogP contribution in [0.25, 0.3) is 0 Å². The summed E-state index contributed by atoms with van der Waals surface area (Å²) >= 11 is 0. The third kappa shape index (κ3) is 5.27. The Kier molecular flexibility index (Phi) is 7.31. The molecule has 0 spiro atoms. The maximum Gasteiger partial charge on any atom is 0.253 e. The van der Waals surface area contributed by atoms with Gasteiger partial charge in [0, 0.05) is 17.8 Å². The molecule has 7 nitrogen and oxygen atoms in total. The maximum absolute atomic E-state index is 12.4. The van der Waals surface area contributed by atoms with Crippen molar-refractivity contribution in [2.24, 2.45) is 0 Å². The third-order valence-corrected chi connectivity index (χ3v) is 3.94. The van der Waals surface area contributed by atoms with Gasteiger partial charge in [-0.1, -0.05) is 12.1 Å². The lowest BCUT2D eigenvalue weighted by molar-refractivity contribution is -0.127. The molecule has 2 rings (SSSR count). The van der Waals surface area contributed by atoms with Gasteiger partial charge < -0.3 is 29.0 Å². The predicted octanol–water partition coefficient (Wildman–Crippen LogP) is 3.26. The highest BCUT2D eigenvalue weighted by atomic mass is 16.5. The summed E-state index contributed by atoms with van der Waals surface area (Å²) in [6, 6.07) is 10.8. The van der Waals surface area contributed by atoms with Gasteiger partial charge in [-0.15, -0.1) is 0 Å². The highest BCUT2D eigenvalue weighted by Gasteiger charge is 2.18. The van der Waals surface area contributed by atoms with E-state index in [4.69, 9.17) is 23.7 Å². The number of ether oxygens (including phenoxy) is 5. The Labute approximate surface area is 159 Å². The zero-order valence-electron chi connectivity index (χ0n) is 16.2. The van der Waals surface area contributed by atoms with Gasteiger partial charge in [0.2, 0.25) is 5.75 Å². The summed E-state index contributed by atoms with van der Waals surface area (Å²) in [5.41, 5.74) is 1.44. The Bertz CT molecular complexity index is 752. The lowest BCUT2D eigenvalue weighted by atomic mass is 10.2. The standard InChI is InChI=1S/C20H25NO6/c1-13(27-12-14-7-6-8-16(9-14)23-2)20(22)21-15-10-17(24-3)19(26-5)18(11-15)25-4/h6-11,13H,12H2,1-5H3,(H,21,22). The highest BCUT2D eigenvalue weighted by Crippen LogP contribution is 2.39. The molecule has 146 valence electrons. The van der Waals surface area contributed by atoms with E-state index in [0.29, 0.717) is 29.5 Å². The summed E-state index contributed by atoms with van der Waals surface area (Å²) in [5.74, 6) is 1.83. The number of nitrogens with one attached hydrogen (secondary N) is 1. The van der Waals surface area contributed by atoms with Crippen molar-refractivity contribution in [3.05, 3.63) is 42.0 Å². The van der Waals surface area contributed by atoms with Crippen LogP contribution < -0.4 is 24.3 Å². The molecule has 1 unspecified atom stereocenters. The SMILES string of the molecule is COc1cccc(COC(C)C(=O)Nc2cc(OC)c(OC)c(OC)c2)c1. The second kappa shape index (κ2) is 9.68. The van der Waals surface area contributed by atoms with E-state index in [1.807, 2.05) is 24.3 Å². The second-order valence-corrected chi connectivity index (χ2v) is 5.71. The monoisotopic (exact) mass is 375 g/mol. The van der Waals surface area contributed by atoms with E-state index in [-0.39, 0.29) is 5.91 Å². The normalized spacial score (nSPS) is 11.4. The molecule has 7 heteroatoms. The fourth-order valence-corrected chi connectivity index (χ4v) is 2.46. The Balaban J connectivity index is 2.03. The minimum Gasteiger partial charge on any atom is -0.497 e. The topological polar surface area (TPSA) is 75.3 Å². The predicted molar refractivity (Wildman–Crippen MR) is 102 cm³/mol. The van der Waals surface area contributed by atoms with Crippen LogP contribution in [0, 0.1) is 0 Å². The molecule has 0 saturated heterocycles. The number of hydrogen-bond acceptors (Lipinski definition) is 6. The number of carbonyl (C=O) groups is 1. The Morgan fingerprint density at radius 2 is 1.63 bits per heavy atom. The van der Waals surface area contributed by atoms with Crippen molar-refractivity contribution < 1.29 is 28.5 Å². The van der Waals surface area contributed by atoms with Crippen molar-refractivity contribution in [1.82, 2.24) is 0 Å². The first-order valence-corrected chi connectivity index (χ1v) is 8.37. The first-order valence-electron chi connectivity index (χ1n) is 8.37. The summed E-state index contributed by atoms with van der Waals surface area (Å²) in [4.78, 5) is 12.4. The fraction of sp³-hybridized carbons (Fsp3) is 0.350. The quantitative estimate of drug-likeness (QED) is 0.725. The Morgan fingerprint density at radius 1 is 0.963 bits per heavy atom. The van der Waals surface area contributed by atoms with Crippen LogP contribution in [0.2, 0.25) is 0 Å². The molecule has 0 aromatic heterocycles. The van der Waals surface area contributed by atoms with Crippen LogP contribution in [-0.2, 0) is 16.1 Å². The Morgan fingerprint density at radius 3 is 2.19 bits per heavy atom.